The van der Waals surface area contributed by atoms with E-state index in [4.69, 9.17) is 23.9 Å². The molecule has 0 bridgehead atoms. The van der Waals surface area contributed by atoms with Crippen molar-refractivity contribution in [3.05, 3.63) is 30.0 Å². The fourth-order valence-corrected chi connectivity index (χ4v) is 5.43. The number of hydrogen-bond donors (Lipinski definition) is 1. The van der Waals surface area contributed by atoms with Gasteiger partial charge in [-0.2, -0.15) is 0 Å². The van der Waals surface area contributed by atoms with Gasteiger partial charge in [0.25, 0.3) is 5.91 Å². The fraction of sp³-hybridized carbons (Fsp3) is 0.621. The summed E-state index contributed by atoms with van der Waals surface area (Å²) in [7, 11) is 1.57. The van der Waals surface area contributed by atoms with Gasteiger partial charge in [0.05, 0.1) is 6.61 Å². The molecule has 2 fully saturated rings. The van der Waals surface area contributed by atoms with Crippen LogP contribution in [0.5, 0.6) is 11.5 Å². The summed E-state index contributed by atoms with van der Waals surface area (Å²) in [4.78, 5) is 33.3. The lowest BCUT2D eigenvalue weighted by molar-refractivity contribution is -0.124. The monoisotopic (exact) mass is 527 g/mol. The van der Waals surface area contributed by atoms with Crippen molar-refractivity contribution in [1.82, 2.24) is 15.2 Å². The van der Waals surface area contributed by atoms with E-state index in [0.29, 0.717) is 29.3 Å². The quantitative estimate of drug-likeness (QED) is 0.309. The van der Waals surface area contributed by atoms with Gasteiger partial charge in [-0.25, -0.2) is 4.98 Å². The van der Waals surface area contributed by atoms with Crippen molar-refractivity contribution >= 4 is 22.6 Å². The highest BCUT2D eigenvalue weighted by molar-refractivity contribution is 5.99. The van der Waals surface area contributed by atoms with Crippen LogP contribution in [0.1, 0.15) is 62.9 Å². The van der Waals surface area contributed by atoms with Crippen molar-refractivity contribution < 1.29 is 28.5 Å². The molecule has 0 unspecified atom stereocenters. The number of benzene rings is 1. The maximum absolute atomic E-state index is 13.9. The molecule has 9 heteroatoms. The van der Waals surface area contributed by atoms with Crippen molar-refractivity contribution in [2.45, 2.75) is 64.5 Å². The molecule has 1 atom stereocenters. The van der Waals surface area contributed by atoms with Crippen LogP contribution in [0.15, 0.2) is 24.3 Å². The summed E-state index contributed by atoms with van der Waals surface area (Å²) >= 11 is 0. The Kier molecular flexibility index (Phi) is 10.3. The van der Waals surface area contributed by atoms with Crippen LogP contribution in [-0.4, -0.2) is 80.5 Å². The first-order chi connectivity index (χ1) is 18.5. The number of methoxy groups -OCH3 is 1. The first kappa shape index (κ1) is 28.3. The van der Waals surface area contributed by atoms with Crippen LogP contribution in [-0.2, 0) is 14.3 Å². The number of ketones is 1. The zero-order valence-corrected chi connectivity index (χ0v) is 22.9. The summed E-state index contributed by atoms with van der Waals surface area (Å²) in [6.07, 6.45) is 6.01. The number of ether oxygens (including phenoxy) is 4. The third-order valence-electron chi connectivity index (χ3n) is 7.31. The Morgan fingerprint density at radius 2 is 1.89 bits per heavy atom. The van der Waals surface area contributed by atoms with Crippen molar-refractivity contribution in [3.8, 4) is 11.5 Å². The molecule has 2 heterocycles. The van der Waals surface area contributed by atoms with Crippen LogP contribution in [0, 0.1) is 5.92 Å². The van der Waals surface area contributed by atoms with E-state index in [1.165, 1.54) is 0 Å². The second kappa shape index (κ2) is 13.9. The second-order valence-electron chi connectivity index (χ2n) is 10.4. The van der Waals surface area contributed by atoms with E-state index < -0.39 is 0 Å². The van der Waals surface area contributed by atoms with Gasteiger partial charge in [-0.3, -0.25) is 9.59 Å². The van der Waals surface area contributed by atoms with Gasteiger partial charge in [0, 0.05) is 43.1 Å². The standard InChI is InChI=1S/C29H41N3O6/c1-20(2)32(22-10-7-13-30-17-22)29(34)24-16-27(37-15-14-36-19-35-3)23-11-6-12-26(28(23)31-24)38-18-25(33)21-8-4-5-9-21/h6,11-12,16,20-22,30H,4-5,7-10,13-15,17-19H2,1-3H3/t22-/m1/s1. The number of nitrogens with zero attached hydrogens (tertiary/aromatic N) is 2. The van der Waals surface area contributed by atoms with Crippen molar-refractivity contribution in [2.75, 3.05) is 46.8 Å². The third-order valence-corrected chi connectivity index (χ3v) is 7.31. The predicted octanol–water partition coefficient (Wildman–Crippen LogP) is 3.97. The number of rotatable bonds is 13. The Hall–Kier alpha value is -2.75. The molecule has 1 N–H and O–H groups in total. The molecule has 2 aliphatic rings. The number of para-hydroxylation sites is 1. The van der Waals surface area contributed by atoms with Gasteiger partial charge in [-0.1, -0.05) is 18.9 Å². The van der Waals surface area contributed by atoms with Crippen molar-refractivity contribution in [2.24, 2.45) is 5.92 Å². The molecule has 4 rings (SSSR count). The molecular formula is C29H41N3O6. The average Bonchev–Trinajstić information content (AvgIpc) is 3.47. The molecule has 0 radical (unpaired) electrons. The SMILES string of the molecule is COCOCCOc1cc(C(=O)N(C(C)C)[C@@H]2CCCNC2)nc2c(OCC(=O)C3CCCC3)cccc12. The third kappa shape index (κ3) is 7.01. The van der Waals surface area contributed by atoms with Crippen LogP contribution in [0.4, 0.5) is 0 Å². The summed E-state index contributed by atoms with van der Waals surface area (Å²) in [6.45, 7) is 6.57. The molecule has 1 amide bonds. The van der Waals surface area contributed by atoms with E-state index in [0.717, 1.165) is 57.0 Å². The van der Waals surface area contributed by atoms with E-state index in [-0.39, 0.29) is 49.7 Å². The summed E-state index contributed by atoms with van der Waals surface area (Å²) < 4.78 is 22.4. The second-order valence-corrected chi connectivity index (χ2v) is 10.4. The smallest absolute Gasteiger partial charge is 0.273 e. The molecule has 1 saturated heterocycles. The lowest BCUT2D eigenvalue weighted by atomic mass is 10.0. The van der Waals surface area contributed by atoms with Gasteiger partial charge in [-0.15, -0.1) is 0 Å². The number of hydrogen-bond acceptors (Lipinski definition) is 8. The van der Waals surface area contributed by atoms with Crippen LogP contribution < -0.4 is 14.8 Å². The van der Waals surface area contributed by atoms with Crippen LogP contribution in [0.25, 0.3) is 10.9 Å². The van der Waals surface area contributed by atoms with Crippen LogP contribution in [0.3, 0.4) is 0 Å². The lowest BCUT2D eigenvalue weighted by Gasteiger charge is -2.37. The highest BCUT2D eigenvalue weighted by Gasteiger charge is 2.30. The Bertz CT molecular complexity index is 1080. The summed E-state index contributed by atoms with van der Waals surface area (Å²) in [5.74, 6) is 1.05. The fourth-order valence-electron chi connectivity index (χ4n) is 5.43. The molecule has 1 aliphatic carbocycles. The number of piperidine rings is 1. The maximum atomic E-state index is 13.9. The molecule has 1 aromatic carbocycles. The largest absolute Gasteiger partial charge is 0.490 e. The first-order valence-electron chi connectivity index (χ1n) is 13.8. The number of carbonyl (C=O) groups excluding carboxylic acids is 2. The van der Waals surface area contributed by atoms with Gasteiger partial charge < -0.3 is 29.2 Å². The summed E-state index contributed by atoms with van der Waals surface area (Å²) in [5, 5.41) is 4.12. The summed E-state index contributed by atoms with van der Waals surface area (Å²) in [6, 6.07) is 7.34. The van der Waals surface area contributed by atoms with Gasteiger partial charge in [0.15, 0.2) is 5.78 Å². The topological polar surface area (TPSA) is 99.2 Å². The minimum Gasteiger partial charge on any atom is -0.490 e. The highest BCUT2D eigenvalue weighted by atomic mass is 16.7. The number of nitrogens with one attached hydrogen (secondary N) is 1. The number of Topliss-reactive ketones (excluding diaryl/α,β-unsaturated/α-hetero) is 1. The maximum Gasteiger partial charge on any atom is 0.273 e. The number of carbonyl (C=O) groups is 2. The van der Waals surface area contributed by atoms with Gasteiger partial charge in [0.1, 0.15) is 42.7 Å². The summed E-state index contributed by atoms with van der Waals surface area (Å²) in [5.41, 5.74) is 0.804. The predicted molar refractivity (Wildman–Crippen MR) is 145 cm³/mol. The lowest BCUT2D eigenvalue weighted by Crippen LogP contribution is -2.51. The van der Waals surface area contributed by atoms with Crippen molar-refractivity contribution in [1.29, 1.82) is 0 Å². The zero-order valence-electron chi connectivity index (χ0n) is 22.9. The molecule has 1 aliphatic heterocycles. The molecular weight excluding hydrogens is 486 g/mol. The van der Waals surface area contributed by atoms with Gasteiger partial charge in [0.2, 0.25) is 0 Å². The van der Waals surface area contributed by atoms with Gasteiger partial charge in [-0.05, 0) is 58.2 Å². The Morgan fingerprint density at radius 1 is 1.08 bits per heavy atom. The average molecular weight is 528 g/mol. The molecule has 0 spiro atoms. The molecule has 208 valence electrons. The zero-order chi connectivity index (χ0) is 26.9. The van der Waals surface area contributed by atoms with E-state index in [1.807, 2.05) is 30.9 Å². The number of pyridine rings is 1. The van der Waals surface area contributed by atoms with E-state index in [1.54, 1.807) is 19.2 Å². The van der Waals surface area contributed by atoms with Gasteiger partial charge >= 0.3 is 0 Å². The Balaban J connectivity index is 1.64. The normalized spacial score (nSPS) is 18.2. The molecule has 1 saturated carbocycles. The Morgan fingerprint density at radius 3 is 2.61 bits per heavy atom. The first-order valence-corrected chi connectivity index (χ1v) is 13.8. The van der Waals surface area contributed by atoms with E-state index >= 15 is 0 Å². The van der Waals surface area contributed by atoms with E-state index in [9.17, 15) is 9.59 Å². The molecule has 2 aromatic rings. The van der Waals surface area contributed by atoms with Crippen LogP contribution in [0.2, 0.25) is 0 Å². The number of fused-ring (bicyclic) bond motifs is 1. The highest BCUT2D eigenvalue weighted by Crippen LogP contribution is 2.33. The Labute approximate surface area is 225 Å². The molecule has 9 nitrogen and oxygen atoms in total. The number of amides is 1. The minimum absolute atomic E-state index is 0.00343. The van der Waals surface area contributed by atoms with Crippen molar-refractivity contribution in [3.63, 3.8) is 0 Å². The minimum atomic E-state index is -0.145. The van der Waals surface area contributed by atoms with E-state index in [2.05, 4.69) is 5.32 Å². The molecule has 38 heavy (non-hydrogen) atoms. The van der Waals surface area contributed by atoms with Crippen LogP contribution >= 0.6 is 0 Å². The number of aromatic nitrogens is 1. The molecule has 1 aromatic heterocycles.